The Bertz CT molecular complexity index is 723. The molecule has 0 unspecified atom stereocenters. The van der Waals surface area contributed by atoms with Gasteiger partial charge in [-0.1, -0.05) is 54.7 Å². The van der Waals surface area contributed by atoms with Crippen molar-refractivity contribution < 1.29 is 14.6 Å². The zero-order valence-electron chi connectivity index (χ0n) is 15.2. The molecular formula is C19H27N5OS+2. The van der Waals surface area contributed by atoms with Crippen LogP contribution in [0.15, 0.2) is 36.4 Å². The fraction of sp³-hybridized carbons (Fsp3) is 0.421. The Labute approximate surface area is 158 Å². The van der Waals surface area contributed by atoms with Gasteiger partial charge < -0.3 is 9.80 Å². The van der Waals surface area contributed by atoms with E-state index in [1.807, 2.05) is 13.0 Å². The van der Waals surface area contributed by atoms with Crippen molar-refractivity contribution in [2.75, 3.05) is 44.6 Å². The van der Waals surface area contributed by atoms with Gasteiger partial charge in [0.25, 0.3) is 5.91 Å². The van der Waals surface area contributed by atoms with Crippen LogP contribution >= 0.6 is 11.3 Å². The van der Waals surface area contributed by atoms with Crippen LogP contribution in [0.5, 0.6) is 0 Å². The van der Waals surface area contributed by atoms with Gasteiger partial charge >= 0.3 is 0 Å². The third kappa shape index (κ3) is 5.72. The number of hydrogen-bond acceptors (Lipinski definition) is 4. The third-order valence-electron chi connectivity index (χ3n) is 4.61. The van der Waals surface area contributed by atoms with Crippen LogP contribution in [0.3, 0.4) is 0 Å². The van der Waals surface area contributed by atoms with Crippen molar-refractivity contribution in [3.8, 4) is 0 Å². The smallest absolute Gasteiger partial charge is 0.281 e. The van der Waals surface area contributed by atoms with E-state index in [1.54, 1.807) is 4.90 Å². The van der Waals surface area contributed by atoms with Crippen molar-refractivity contribution in [1.29, 1.82) is 0 Å². The topological polar surface area (TPSA) is 63.8 Å². The van der Waals surface area contributed by atoms with E-state index < -0.39 is 0 Å². The summed E-state index contributed by atoms with van der Waals surface area (Å²) in [6.07, 6.45) is 5.29. The summed E-state index contributed by atoms with van der Waals surface area (Å²) in [6, 6.07) is 10.4. The van der Waals surface area contributed by atoms with Gasteiger partial charge in [-0.2, -0.15) is 0 Å². The average molecular weight is 374 g/mol. The number of aryl methyl sites for hydroxylation is 1. The molecule has 6 nitrogen and oxygen atoms in total. The van der Waals surface area contributed by atoms with Crippen molar-refractivity contribution >= 4 is 28.5 Å². The second-order valence-corrected chi connectivity index (χ2v) is 7.66. The number of piperazine rings is 1. The molecule has 0 spiro atoms. The number of hydrogen-bond donors (Lipinski definition) is 3. The van der Waals surface area contributed by atoms with Gasteiger partial charge in [0, 0.05) is 0 Å². The van der Waals surface area contributed by atoms with Crippen molar-refractivity contribution in [3.63, 3.8) is 0 Å². The van der Waals surface area contributed by atoms with E-state index >= 15 is 0 Å². The summed E-state index contributed by atoms with van der Waals surface area (Å²) < 4.78 is 0. The molecule has 0 saturated carbocycles. The lowest BCUT2D eigenvalue weighted by Crippen LogP contribution is -3.28. The fourth-order valence-corrected chi connectivity index (χ4v) is 3.80. The van der Waals surface area contributed by atoms with E-state index in [2.05, 4.69) is 51.9 Å². The van der Waals surface area contributed by atoms with Gasteiger partial charge in [0.15, 0.2) is 6.54 Å². The lowest BCUT2D eigenvalue weighted by Gasteiger charge is -2.28. The Kier molecular flexibility index (Phi) is 6.88. The van der Waals surface area contributed by atoms with Crippen LogP contribution in [-0.4, -0.2) is 55.4 Å². The first kappa shape index (κ1) is 18.7. The number of rotatable bonds is 7. The first-order valence-corrected chi connectivity index (χ1v) is 10.1. The number of carbonyl (C=O) groups is 1. The van der Waals surface area contributed by atoms with E-state index in [0.29, 0.717) is 11.7 Å². The Balaban J connectivity index is 1.36. The van der Waals surface area contributed by atoms with Crippen molar-refractivity contribution in [3.05, 3.63) is 47.0 Å². The molecule has 1 amide bonds. The van der Waals surface area contributed by atoms with Gasteiger partial charge in [0.05, 0.1) is 6.54 Å². The zero-order chi connectivity index (χ0) is 18.2. The molecule has 1 fully saturated rings. The quantitative estimate of drug-likeness (QED) is 0.615. The van der Waals surface area contributed by atoms with E-state index in [1.165, 1.54) is 21.8 Å². The number of nitrogens with one attached hydrogen (secondary N) is 3. The Morgan fingerprint density at radius 2 is 1.88 bits per heavy atom. The van der Waals surface area contributed by atoms with Gasteiger partial charge in [0.1, 0.15) is 31.2 Å². The highest BCUT2D eigenvalue weighted by atomic mass is 32.1. The molecule has 1 aromatic carbocycles. The predicted octanol–water partition coefficient (Wildman–Crippen LogP) is -0.464. The average Bonchev–Trinajstić information content (AvgIpc) is 3.11. The number of carbonyl (C=O) groups excluding carboxylic acids is 1. The molecule has 1 aliphatic heterocycles. The monoisotopic (exact) mass is 373 g/mol. The minimum Gasteiger partial charge on any atom is -0.322 e. The van der Waals surface area contributed by atoms with Gasteiger partial charge in [0.2, 0.25) is 5.13 Å². The van der Waals surface area contributed by atoms with E-state index in [-0.39, 0.29) is 5.91 Å². The molecule has 1 aromatic heterocycles. The Morgan fingerprint density at radius 1 is 1.15 bits per heavy atom. The van der Waals surface area contributed by atoms with E-state index in [9.17, 15) is 4.79 Å². The van der Waals surface area contributed by atoms with E-state index in [4.69, 9.17) is 0 Å². The maximum Gasteiger partial charge on any atom is 0.281 e. The standard InChI is InChI=1S/C19H25N5OS/c1-2-18-21-22-19(26-18)20-17(25)15-24-13-11-23(12-14-24)10-6-9-16-7-4-3-5-8-16/h3-9H,2,10-15H2,1H3,(H,20,22,25)/p+2/b9-6+. The maximum absolute atomic E-state index is 12.2. The Hall–Kier alpha value is -2.09. The summed E-state index contributed by atoms with van der Waals surface area (Å²) in [4.78, 5) is 15.1. The number of benzene rings is 1. The molecule has 3 N–H and O–H groups in total. The molecule has 0 aliphatic carbocycles. The maximum atomic E-state index is 12.2. The lowest BCUT2D eigenvalue weighted by atomic mass is 10.2. The van der Waals surface area contributed by atoms with Gasteiger partial charge in [-0.05, 0) is 18.1 Å². The van der Waals surface area contributed by atoms with Crippen LogP contribution in [0.4, 0.5) is 5.13 Å². The summed E-state index contributed by atoms with van der Waals surface area (Å²) >= 11 is 1.46. The highest BCUT2D eigenvalue weighted by molar-refractivity contribution is 7.15. The molecule has 0 bridgehead atoms. The molecular weight excluding hydrogens is 346 g/mol. The zero-order valence-corrected chi connectivity index (χ0v) is 16.0. The summed E-state index contributed by atoms with van der Waals surface area (Å²) in [5.41, 5.74) is 1.25. The van der Waals surface area contributed by atoms with Gasteiger partial charge in [-0.3, -0.25) is 10.1 Å². The second-order valence-electron chi connectivity index (χ2n) is 6.60. The third-order valence-corrected chi connectivity index (χ3v) is 5.59. The molecule has 1 saturated heterocycles. The lowest BCUT2D eigenvalue weighted by molar-refractivity contribution is -1.01. The van der Waals surface area contributed by atoms with Crippen LogP contribution in [0, 0.1) is 0 Å². The normalized spacial score (nSPS) is 20.3. The molecule has 0 atom stereocenters. The molecule has 0 radical (unpaired) electrons. The number of anilines is 1. The summed E-state index contributed by atoms with van der Waals surface area (Å²) in [6.45, 7) is 7.83. The minimum atomic E-state index is 0.0335. The van der Waals surface area contributed by atoms with Crippen LogP contribution in [0.1, 0.15) is 17.5 Å². The van der Waals surface area contributed by atoms with Crippen molar-refractivity contribution in [1.82, 2.24) is 10.2 Å². The van der Waals surface area contributed by atoms with Crippen LogP contribution < -0.4 is 15.1 Å². The molecule has 26 heavy (non-hydrogen) atoms. The molecule has 2 aromatic rings. The minimum absolute atomic E-state index is 0.0335. The summed E-state index contributed by atoms with van der Waals surface area (Å²) in [5.74, 6) is 0.0335. The number of aromatic nitrogens is 2. The number of amides is 1. The van der Waals surface area contributed by atoms with Crippen LogP contribution in [0.25, 0.3) is 6.08 Å². The van der Waals surface area contributed by atoms with Crippen molar-refractivity contribution in [2.45, 2.75) is 13.3 Å². The Morgan fingerprint density at radius 3 is 2.58 bits per heavy atom. The largest absolute Gasteiger partial charge is 0.322 e. The van der Waals surface area contributed by atoms with Crippen LogP contribution in [-0.2, 0) is 11.2 Å². The molecule has 2 heterocycles. The van der Waals surface area contributed by atoms with Crippen LogP contribution in [0.2, 0.25) is 0 Å². The fourth-order valence-electron chi connectivity index (χ4n) is 3.10. The molecule has 3 rings (SSSR count). The highest BCUT2D eigenvalue weighted by Gasteiger charge is 2.24. The first-order valence-electron chi connectivity index (χ1n) is 9.24. The summed E-state index contributed by atoms with van der Waals surface area (Å²) in [7, 11) is 0. The molecule has 1 aliphatic rings. The number of nitrogens with zero attached hydrogens (tertiary/aromatic N) is 2. The SMILES string of the molecule is CCc1nnc(NC(=O)C[NH+]2CC[NH+](C/C=C/c3ccccc3)CC2)s1. The molecule has 7 heteroatoms. The second kappa shape index (κ2) is 9.56. The highest BCUT2D eigenvalue weighted by Crippen LogP contribution is 2.14. The van der Waals surface area contributed by atoms with E-state index in [0.717, 1.165) is 44.2 Å². The predicted molar refractivity (Wildman–Crippen MR) is 105 cm³/mol. The molecule has 138 valence electrons. The van der Waals surface area contributed by atoms with Gasteiger partial charge in [-0.15, -0.1) is 10.2 Å². The first-order chi connectivity index (χ1) is 12.7. The summed E-state index contributed by atoms with van der Waals surface area (Å²) in [5, 5.41) is 12.5. The number of quaternary nitrogens is 2. The van der Waals surface area contributed by atoms with Gasteiger partial charge in [-0.25, -0.2) is 0 Å². The van der Waals surface area contributed by atoms with Crippen molar-refractivity contribution in [2.24, 2.45) is 0 Å².